The molecular weight excluding hydrogens is 344 g/mol. The van der Waals surface area contributed by atoms with Gasteiger partial charge in [-0.2, -0.15) is 0 Å². The minimum atomic E-state index is -1.03. The van der Waals surface area contributed by atoms with Crippen LogP contribution in [0.5, 0.6) is 5.75 Å². The quantitative estimate of drug-likeness (QED) is 0.706. The number of esters is 1. The molecule has 0 atom stereocenters. The molecule has 0 fully saturated rings. The zero-order valence-corrected chi connectivity index (χ0v) is 17.4. The number of oxazole rings is 1. The van der Waals surface area contributed by atoms with Crippen LogP contribution in [-0.2, 0) is 22.6 Å². The average Bonchev–Trinajstić information content (AvgIpc) is 2.89. The molecule has 2 aromatic rings. The molecule has 148 valence electrons. The van der Waals surface area contributed by atoms with Gasteiger partial charge in [0.1, 0.15) is 11.5 Å². The van der Waals surface area contributed by atoms with Crippen molar-refractivity contribution in [2.75, 3.05) is 6.61 Å². The first-order valence-corrected chi connectivity index (χ1v) is 9.24. The van der Waals surface area contributed by atoms with Gasteiger partial charge in [-0.1, -0.05) is 12.1 Å². The molecule has 0 amide bonds. The van der Waals surface area contributed by atoms with Gasteiger partial charge >= 0.3 is 5.97 Å². The number of nitrogens with one attached hydrogen (secondary N) is 1. The molecule has 0 aliphatic carbocycles. The van der Waals surface area contributed by atoms with Gasteiger partial charge in [-0.05, 0) is 58.2 Å². The number of hydrogen-bond donors (Lipinski definition) is 1. The molecule has 27 heavy (non-hydrogen) atoms. The SMILES string of the molecule is CCOC(=O)C(C)(C)Oc1c(C)cc(CNCc2nc(C)oc2C)cc1C. The van der Waals surface area contributed by atoms with Crippen molar-refractivity contribution in [3.8, 4) is 5.75 Å². The van der Waals surface area contributed by atoms with E-state index < -0.39 is 5.60 Å². The second kappa shape index (κ2) is 8.57. The highest BCUT2D eigenvalue weighted by Gasteiger charge is 2.32. The highest BCUT2D eigenvalue weighted by atomic mass is 16.6. The Kier molecular flexibility index (Phi) is 6.65. The number of nitrogens with zero attached hydrogens (tertiary/aromatic N) is 1. The molecule has 0 radical (unpaired) electrons. The maximum atomic E-state index is 12.1. The number of ether oxygens (including phenoxy) is 2. The molecule has 0 bridgehead atoms. The largest absolute Gasteiger partial charge is 0.476 e. The molecule has 1 aromatic carbocycles. The normalized spacial score (nSPS) is 11.5. The standard InChI is InChI=1S/C21H30N2O4/c1-8-25-20(24)21(6,7)27-19-13(2)9-17(10-14(19)3)11-22-12-18-15(4)26-16(5)23-18/h9-10,22H,8,11-12H2,1-7H3. The zero-order chi connectivity index (χ0) is 20.2. The lowest BCUT2D eigenvalue weighted by Gasteiger charge is -2.26. The van der Waals surface area contributed by atoms with Crippen LogP contribution in [0.4, 0.5) is 0 Å². The van der Waals surface area contributed by atoms with Crippen molar-refractivity contribution in [1.29, 1.82) is 0 Å². The fraction of sp³-hybridized carbons (Fsp3) is 0.524. The summed E-state index contributed by atoms with van der Waals surface area (Å²) < 4.78 is 16.6. The minimum Gasteiger partial charge on any atom is -0.476 e. The summed E-state index contributed by atoms with van der Waals surface area (Å²) in [7, 11) is 0. The van der Waals surface area contributed by atoms with Crippen molar-refractivity contribution in [2.24, 2.45) is 0 Å². The van der Waals surface area contributed by atoms with E-state index in [1.165, 1.54) is 0 Å². The fourth-order valence-corrected chi connectivity index (χ4v) is 2.97. The van der Waals surface area contributed by atoms with Crippen molar-refractivity contribution in [1.82, 2.24) is 10.3 Å². The van der Waals surface area contributed by atoms with Gasteiger partial charge in [-0.3, -0.25) is 0 Å². The second-order valence-corrected chi connectivity index (χ2v) is 7.23. The first kappa shape index (κ1) is 21.0. The molecule has 2 rings (SSSR count). The minimum absolute atomic E-state index is 0.332. The third kappa shape index (κ3) is 5.32. The van der Waals surface area contributed by atoms with Crippen LogP contribution in [-0.4, -0.2) is 23.2 Å². The Balaban J connectivity index is 2.05. The maximum Gasteiger partial charge on any atom is 0.349 e. The monoisotopic (exact) mass is 374 g/mol. The summed E-state index contributed by atoms with van der Waals surface area (Å²) in [5, 5.41) is 3.39. The van der Waals surface area contributed by atoms with Crippen LogP contribution in [0.25, 0.3) is 0 Å². The summed E-state index contributed by atoms with van der Waals surface area (Å²) in [6.45, 7) is 14.7. The van der Waals surface area contributed by atoms with Crippen molar-refractivity contribution in [3.63, 3.8) is 0 Å². The summed E-state index contributed by atoms with van der Waals surface area (Å²) in [5.41, 5.74) is 3.00. The number of hydrogen-bond acceptors (Lipinski definition) is 6. The van der Waals surface area contributed by atoms with Gasteiger partial charge in [0.15, 0.2) is 11.5 Å². The van der Waals surface area contributed by atoms with Gasteiger partial charge in [-0.25, -0.2) is 9.78 Å². The number of benzene rings is 1. The maximum absolute atomic E-state index is 12.1. The van der Waals surface area contributed by atoms with E-state index in [0.717, 1.165) is 33.9 Å². The molecule has 0 unspecified atom stereocenters. The molecule has 1 N–H and O–H groups in total. The number of aryl methyl sites for hydroxylation is 4. The highest BCUT2D eigenvalue weighted by molar-refractivity contribution is 5.79. The topological polar surface area (TPSA) is 73.6 Å². The van der Waals surface area contributed by atoms with E-state index in [2.05, 4.69) is 22.4 Å². The van der Waals surface area contributed by atoms with Crippen LogP contribution in [0.3, 0.4) is 0 Å². The molecule has 6 nitrogen and oxygen atoms in total. The molecule has 1 heterocycles. The second-order valence-electron chi connectivity index (χ2n) is 7.23. The number of aromatic nitrogens is 1. The van der Waals surface area contributed by atoms with Crippen LogP contribution in [0.15, 0.2) is 16.5 Å². The van der Waals surface area contributed by atoms with E-state index in [1.54, 1.807) is 20.8 Å². The number of carbonyl (C=O) groups is 1. The Labute approximate surface area is 161 Å². The molecule has 0 aliphatic rings. The molecule has 0 saturated carbocycles. The Morgan fingerprint density at radius 3 is 2.30 bits per heavy atom. The summed E-state index contributed by atoms with van der Waals surface area (Å²) in [6.07, 6.45) is 0. The van der Waals surface area contributed by atoms with Gasteiger partial charge in [0, 0.05) is 20.0 Å². The van der Waals surface area contributed by atoms with Crippen LogP contribution in [0.1, 0.15) is 54.8 Å². The summed E-state index contributed by atoms with van der Waals surface area (Å²) in [4.78, 5) is 16.5. The van der Waals surface area contributed by atoms with Crippen LogP contribution in [0, 0.1) is 27.7 Å². The first-order chi connectivity index (χ1) is 12.6. The molecule has 0 saturated heterocycles. The smallest absolute Gasteiger partial charge is 0.349 e. The van der Waals surface area contributed by atoms with Crippen LogP contribution >= 0.6 is 0 Å². The third-order valence-electron chi connectivity index (χ3n) is 4.27. The highest BCUT2D eigenvalue weighted by Crippen LogP contribution is 2.29. The number of carbonyl (C=O) groups excluding carboxylic acids is 1. The third-order valence-corrected chi connectivity index (χ3v) is 4.27. The van der Waals surface area contributed by atoms with Crippen molar-refractivity contribution in [3.05, 3.63) is 46.2 Å². The Morgan fingerprint density at radius 2 is 1.78 bits per heavy atom. The predicted molar refractivity (Wildman–Crippen MR) is 104 cm³/mol. The predicted octanol–water partition coefficient (Wildman–Crippen LogP) is 3.92. The molecule has 0 aliphatic heterocycles. The van der Waals surface area contributed by atoms with Gasteiger partial charge in [0.05, 0.1) is 12.3 Å². The lowest BCUT2D eigenvalue weighted by molar-refractivity contribution is -0.158. The Hall–Kier alpha value is -2.34. The summed E-state index contributed by atoms with van der Waals surface area (Å²) in [5.74, 6) is 1.88. The summed E-state index contributed by atoms with van der Waals surface area (Å²) in [6, 6.07) is 4.13. The van der Waals surface area contributed by atoms with E-state index >= 15 is 0 Å². The van der Waals surface area contributed by atoms with Gasteiger partial charge in [0.25, 0.3) is 0 Å². The Bertz CT molecular complexity index is 786. The van der Waals surface area contributed by atoms with Crippen molar-refractivity contribution < 1.29 is 18.7 Å². The average molecular weight is 374 g/mol. The van der Waals surface area contributed by atoms with Gasteiger partial charge < -0.3 is 19.2 Å². The number of rotatable bonds is 8. The lowest BCUT2D eigenvalue weighted by Crippen LogP contribution is -2.40. The first-order valence-electron chi connectivity index (χ1n) is 9.24. The lowest BCUT2D eigenvalue weighted by atomic mass is 10.0. The molecule has 6 heteroatoms. The van der Waals surface area contributed by atoms with Crippen LogP contribution < -0.4 is 10.1 Å². The van der Waals surface area contributed by atoms with Gasteiger partial charge in [-0.15, -0.1) is 0 Å². The van der Waals surface area contributed by atoms with E-state index in [1.807, 2.05) is 27.7 Å². The van der Waals surface area contributed by atoms with E-state index in [9.17, 15) is 4.79 Å². The van der Waals surface area contributed by atoms with Crippen molar-refractivity contribution in [2.45, 2.75) is 67.2 Å². The molecule has 1 aromatic heterocycles. The fourth-order valence-electron chi connectivity index (χ4n) is 2.97. The van der Waals surface area contributed by atoms with E-state index in [0.29, 0.717) is 25.6 Å². The molecular formula is C21H30N2O4. The zero-order valence-electron chi connectivity index (χ0n) is 17.4. The molecule has 0 spiro atoms. The van der Waals surface area contributed by atoms with E-state index in [-0.39, 0.29) is 5.97 Å². The summed E-state index contributed by atoms with van der Waals surface area (Å²) >= 11 is 0. The van der Waals surface area contributed by atoms with Crippen molar-refractivity contribution >= 4 is 5.97 Å². The van der Waals surface area contributed by atoms with Gasteiger partial charge in [0.2, 0.25) is 0 Å². The van der Waals surface area contributed by atoms with E-state index in [4.69, 9.17) is 13.9 Å². The van der Waals surface area contributed by atoms with Crippen LogP contribution in [0.2, 0.25) is 0 Å². The Morgan fingerprint density at radius 1 is 1.15 bits per heavy atom.